The number of aryl methyl sites for hydroxylation is 1. The highest BCUT2D eigenvalue weighted by Crippen LogP contribution is 2.25. The fourth-order valence-electron chi connectivity index (χ4n) is 2.36. The molecule has 0 bridgehead atoms. The van der Waals surface area contributed by atoms with E-state index in [0.717, 1.165) is 55.6 Å². The third-order valence-corrected chi connectivity index (χ3v) is 4.62. The Kier molecular flexibility index (Phi) is 5.81. The molecule has 1 heterocycles. The molecule has 0 spiro atoms. The third-order valence-electron chi connectivity index (χ3n) is 3.58. The molecule has 106 valence electrons. The molecule has 1 fully saturated rings. The predicted octanol–water partition coefficient (Wildman–Crippen LogP) is 3.53. The van der Waals surface area contributed by atoms with Crippen LogP contribution in [0.25, 0.3) is 0 Å². The van der Waals surface area contributed by atoms with Gasteiger partial charge in [0.05, 0.1) is 4.47 Å². The molecule has 1 aliphatic rings. The van der Waals surface area contributed by atoms with Crippen LogP contribution in [0, 0.1) is 5.82 Å². The monoisotopic (exact) mass is 392 g/mol. The van der Waals surface area contributed by atoms with E-state index < -0.39 is 0 Å². The second kappa shape index (κ2) is 7.16. The maximum Gasteiger partial charge on any atom is 0.140 e. The molecule has 19 heavy (non-hydrogen) atoms. The van der Waals surface area contributed by atoms with Gasteiger partial charge in [-0.1, -0.05) is 15.9 Å². The molecule has 1 aromatic carbocycles. The van der Waals surface area contributed by atoms with E-state index in [1.54, 1.807) is 6.07 Å². The average molecular weight is 394 g/mol. The molecule has 0 N–H and O–H groups in total. The summed E-state index contributed by atoms with van der Waals surface area (Å²) >= 11 is 6.66. The number of benzene rings is 1. The summed E-state index contributed by atoms with van der Waals surface area (Å²) in [6.07, 6.45) is 1.79. The lowest BCUT2D eigenvalue weighted by Crippen LogP contribution is -2.44. The van der Waals surface area contributed by atoms with E-state index in [0.29, 0.717) is 4.47 Å². The Balaban J connectivity index is 1.83. The first kappa shape index (κ1) is 15.4. The van der Waals surface area contributed by atoms with Gasteiger partial charge in [0.15, 0.2) is 0 Å². The molecular formula is C14H19Br2FN2. The van der Waals surface area contributed by atoms with Crippen molar-refractivity contribution in [2.24, 2.45) is 0 Å². The van der Waals surface area contributed by atoms with Gasteiger partial charge in [-0.05, 0) is 60.1 Å². The molecule has 1 aromatic rings. The Labute approximate surface area is 131 Å². The molecule has 0 radical (unpaired) electrons. The molecule has 0 aromatic heterocycles. The van der Waals surface area contributed by atoms with Crippen LogP contribution < -0.4 is 0 Å². The van der Waals surface area contributed by atoms with Crippen molar-refractivity contribution < 1.29 is 4.39 Å². The van der Waals surface area contributed by atoms with Crippen LogP contribution in [0.5, 0.6) is 0 Å². The van der Waals surface area contributed by atoms with Crippen molar-refractivity contribution in [1.82, 2.24) is 9.80 Å². The topological polar surface area (TPSA) is 6.48 Å². The zero-order valence-electron chi connectivity index (χ0n) is 11.1. The predicted molar refractivity (Wildman–Crippen MR) is 84.1 cm³/mol. The van der Waals surface area contributed by atoms with Gasteiger partial charge in [0.25, 0.3) is 0 Å². The maximum absolute atomic E-state index is 13.9. The van der Waals surface area contributed by atoms with Crippen LogP contribution in [0.15, 0.2) is 21.1 Å². The van der Waals surface area contributed by atoms with Gasteiger partial charge in [0.1, 0.15) is 5.82 Å². The van der Waals surface area contributed by atoms with Gasteiger partial charge in [-0.3, -0.25) is 0 Å². The number of nitrogens with zero attached hydrogens (tertiary/aromatic N) is 2. The molecule has 0 saturated carbocycles. The van der Waals surface area contributed by atoms with Crippen LogP contribution in [0.2, 0.25) is 0 Å². The molecule has 0 atom stereocenters. The van der Waals surface area contributed by atoms with Crippen LogP contribution >= 0.6 is 31.9 Å². The second-order valence-electron chi connectivity index (χ2n) is 5.11. The van der Waals surface area contributed by atoms with Crippen LogP contribution in [0.3, 0.4) is 0 Å². The highest BCUT2D eigenvalue weighted by atomic mass is 79.9. The highest BCUT2D eigenvalue weighted by Gasteiger charge is 2.14. The summed E-state index contributed by atoms with van der Waals surface area (Å²) in [7, 11) is 2.16. The third kappa shape index (κ3) is 4.52. The summed E-state index contributed by atoms with van der Waals surface area (Å²) in [6, 6.07) is 3.63. The maximum atomic E-state index is 13.9. The number of likely N-dealkylation sites (N-methyl/N-ethyl adjacent to an activating group) is 1. The fourth-order valence-corrected chi connectivity index (χ4v) is 3.67. The van der Waals surface area contributed by atoms with Gasteiger partial charge in [0.2, 0.25) is 0 Å². The molecule has 2 nitrogen and oxygen atoms in total. The SMILES string of the molecule is CN1CCN(CCCc2cc(Br)cc(Br)c2F)CC1. The number of hydrogen-bond donors (Lipinski definition) is 0. The van der Waals surface area contributed by atoms with Gasteiger partial charge in [-0.15, -0.1) is 0 Å². The van der Waals surface area contributed by atoms with Crippen molar-refractivity contribution in [3.05, 3.63) is 32.5 Å². The molecule has 0 amide bonds. The fraction of sp³-hybridized carbons (Fsp3) is 0.571. The Morgan fingerprint density at radius 3 is 2.53 bits per heavy atom. The van der Waals surface area contributed by atoms with E-state index in [1.165, 1.54) is 0 Å². The largest absolute Gasteiger partial charge is 0.304 e. The summed E-state index contributed by atoms with van der Waals surface area (Å²) in [6.45, 7) is 5.58. The van der Waals surface area contributed by atoms with Gasteiger partial charge >= 0.3 is 0 Å². The zero-order valence-corrected chi connectivity index (χ0v) is 14.3. The van der Waals surface area contributed by atoms with Crippen LogP contribution in [-0.2, 0) is 6.42 Å². The Morgan fingerprint density at radius 2 is 1.84 bits per heavy atom. The van der Waals surface area contributed by atoms with Gasteiger partial charge in [0, 0.05) is 30.7 Å². The zero-order chi connectivity index (χ0) is 13.8. The lowest BCUT2D eigenvalue weighted by atomic mass is 10.1. The molecule has 2 rings (SSSR count). The number of piperazine rings is 1. The second-order valence-corrected chi connectivity index (χ2v) is 6.88. The summed E-state index contributed by atoms with van der Waals surface area (Å²) in [5.74, 6) is -0.124. The van der Waals surface area contributed by atoms with Gasteiger partial charge in [-0.2, -0.15) is 0 Å². The number of halogens is 3. The van der Waals surface area contributed by atoms with Crippen molar-refractivity contribution >= 4 is 31.9 Å². The Bertz CT molecular complexity index is 432. The minimum atomic E-state index is -0.124. The van der Waals surface area contributed by atoms with Crippen molar-refractivity contribution in [3.63, 3.8) is 0 Å². The van der Waals surface area contributed by atoms with E-state index in [1.807, 2.05) is 6.07 Å². The van der Waals surface area contributed by atoms with E-state index in [2.05, 4.69) is 48.7 Å². The first-order valence-electron chi connectivity index (χ1n) is 6.60. The number of rotatable bonds is 4. The van der Waals surface area contributed by atoms with Crippen molar-refractivity contribution in [2.45, 2.75) is 12.8 Å². The smallest absolute Gasteiger partial charge is 0.140 e. The summed E-state index contributed by atoms with van der Waals surface area (Å²) in [4.78, 5) is 4.81. The van der Waals surface area contributed by atoms with Crippen molar-refractivity contribution in [2.75, 3.05) is 39.8 Å². The highest BCUT2D eigenvalue weighted by molar-refractivity contribution is 9.11. The van der Waals surface area contributed by atoms with E-state index in [4.69, 9.17) is 0 Å². The van der Waals surface area contributed by atoms with Crippen LogP contribution in [-0.4, -0.2) is 49.6 Å². The van der Waals surface area contributed by atoms with Crippen molar-refractivity contribution in [3.8, 4) is 0 Å². The normalized spacial score (nSPS) is 17.9. The van der Waals surface area contributed by atoms with E-state index in [-0.39, 0.29) is 5.82 Å². The molecular weight excluding hydrogens is 375 g/mol. The molecule has 1 aliphatic heterocycles. The van der Waals surface area contributed by atoms with Gasteiger partial charge in [-0.25, -0.2) is 4.39 Å². The summed E-state index contributed by atoms with van der Waals surface area (Å²) in [5.41, 5.74) is 0.787. The lowest BCUT2D eigenvalue weighted by Gasteiger charge is -2.32. The van der Waals surface area contributed by atoms with Crippen LogP contribution in [0.4, 0.5) is 4.39 Å². The minimum Gasteiger partial charge on any atom is -0.304 e. The summed E-state index contributed by atoms with van der Waals surface area (Å²) in [5, 5.41) is 0. The first-order valence-corrected chi connectivity index (χ1v) is 8.19. The average Bonchev–Trinajstić information content (AvgIpc) is 2.37. The standard InChI is InChI=1S/C14H19Br2FN2/c1-18-5-7-19(8-6-18)4-2-3-11-9-12(15)10-13(16)14(11)17/h9-10H,2-8H2,1H3. The Morgan fingerprint density at radius 1 is 1.16 bits per heavy atom. The minimum absolute atomic E-state index is 0.124. The van der Waals surface area contributed by atoms with E-state index in [9.17, 15) is 4.39 Å². The number of hydrogen-bond acceptors (Lipinski definition) is 2. The van der Waals surface area contributed by atoms with Crippen molar-refractivity contribution in [1.29, 1.82) is 0 Å². The molecule has 0 aliphatic carbocycles. The van der Waals surface area contributed by atoms with Gasteiger partial charge < -0.3 is 9.80 Å². The molecule has 5 heteroatoms. The Hall–Kier alpha value is 0.0300. The molecule has 0 unspecified atom stereocenters. The lowest BCUT2D eigenvalue weighted by molar-refractivity contribution is 0.153. The molecule has 1 saturated heterocycles. The van der Waals surface area contributed by atoms with E-state index >= 15 is 0 Å². The first-order chi connectivity index (χ1) is 9.06. The van der Waals surface area contributed by atoms with Crippen LogP contribution in [0.1, 0.15) is 12.0 Å². The summed E-state index contributed by atoms with van der Waals surface area (Å²) < 4.78 is 15.4. The quantitative estimate of drug-likeness (QED) is 0.722.